The van der Waals surface area contributed by atoms with Crippen LogP contribution in [0.25, 0.3) is 0 Å². The quantitative estimate of drug-likeness (QED) is 0.647. The van der Waals surface area contributed by atoms with Crippen LogP contribution in [-0.2, 0) is 16.6 Å². The molecule has 0 aromatic heterocycles. The molecule has 2 aliphatic rings. The van der Waals surface area contributed by atoms with E-state index in [2.05, 4.69) is 25.9 Å². The number of halogens is 1. The molecule has 1 amide bonds. The summed E-state index contributed by atoms with van der Waals surface area (Å²) in [6.07, 6.45) is 5.65. The third kappa shape index (κ3) is 4.30. The lowest BCUT2D eigenvalue weighted by Gasteiger charge is -2.21. The highest BCUT2D eigenvalue weighted by atomic mass is 79.9. The number of hydrogen-bond acceptors (Lipinski definition) is 4. The highest BCUT2D eigenvalue weighted by molar-refractivity contribution is 9.11. The van der Waals surface area contributed by atoms with Gasteiger partial charge in [-0.25, -0.2) is 17.7 Å². The predicted molar refractivity (Wildman–Crippen MR) is 124 cm³/mol. The Hall–Kier alpha value is -2.88. The molecule has 0 bridgehead atoms. The van der Waals surface area contributed by atoms with E-state index in [4.69, 9.17) is 0 Å². The van der Waals surface area contributed by atoms with Crippen molar-refractivity contribution >= 4 is 43.5 Å². The van der Waals surface area contributed by atoms with Crippen molar-refractivity contribution in [3.05, 3.63) is 88.1 Å². The van der Waals surface area contributed by atoms with Gasteiger partial charge in [0.2, 0.25) is 10.0 Å². The zero-order chi connectivity index (χ0) is 22.2. The van der Waals surface area contributed by atoms with Crippen LogP contribution in [0, 0.1) is 0 Å². The van der Waals surface area contributed by atoms with Crippen molar-refractivity contribution in [3.63, 3.8) is 0 Å². The van der Waals surface area contributed by atoms with Gasteiger partial charge in [0, 0.05) is 42.4 Å². The molecule has 7 nitrogen and oxygen atoms in total. The Balaban J connectivity index is 1.78. The second kappa shape index (κ2) is 8.33. The molecule has 0 aliphatic carbocycles. The molecule has 31 heavy (non-hydrogen) atoms. The number of carbonyl (C=O) groups excluding carboxylic acids is 1. The lowest BCUT2D eigenvalue weighted by molar-refractivity contribution is 0.100. The van der Waals surface area contributed by atoms with Crippen LogP contribution in [0.15, 0.2) is 86.2 Å². The van der Waals surface area contributed by atoms with E-state index in [0.29, 0.717) is 12.4 Å². The monoisotopic (exact) mass is 498 g/mol. The van der Waals surface area contributed by atoms with E-state index >= 15 is 0 Å². The van der Waals surface area contributed by atoms with Gasteiger partial charge >= 0.3 is 0 Å². The summed E-state index contributed by atoms with van der Waals surface area (Å²) in [7, 11) is -0.777. The molecule has 0 fully saturated rings. The number of aliphatic imine (C=N–C) groups is 2. The van der Waals surface area contributed by atoms with Crippen LogP contribution in [0.1, 0.15) is 21.5 Å². The lowest BCUT2D eigenvalue weighted by atomic mass is 10.1. The average molecular weight is 499 g/mol. The van der Waals surface area contributed by atoms with Crippen molar-refractivity contribution in [1.29, 1.82) is 0 Å². The molecule has 2 aromatic rings. The van der Waals surface area contributed by atoms with Crippen LogP contribution in [0.5, 0.6) is 0 Å². The minimum absolute atomic E-state index is 0.0347. The summed E-state index contributed by atoms with van der Waals surface area (Å²) < 4.78 is 26.9. The molecule has 2 aromatic carbocycles. The predicted octanol–water partition coefficient (Wildman–Crippen LogP) is 3.54. The first-order valence-electron chi connectivity index (χ1n) is 9.40. The van der Waals surface area contributed by atoms with E-state index in [0.717, 1.165) is 19.9 Å². The van der Waals surface area contributed by atoms with Crippen molar-refractivity contribution in [2.75, 3.05) is 14.1 Å². The first-order chi connectivity index (χ1) is 14.8. The van der Waals surface area contributed by atoms with Crippen LogP contribution < -0.4 is 0 Å². The summed E-state index contributed by atoms with van der Waals surface area (Å²) in [5, 5.41) is 0. The van der Waals surface area contributed by atoms with Crippen molar-refractivity contribution in [2.45, 2.75) is 11.4 Å². The van der Waals surface area contributed by atoms with Gasteiger partial charge in [-0.15, -0.1) is 0 Å². The molecule has 158 valence electrons. The maximum atomic E-state index is 13.0. The largest absolute Gasteiger partial charge is 0.327 e. The van der Waals surface area contributed by atoms with Gasteiger partial charge in [0.25, 0.3) is 5.91 Å². The van der Waals surface area contributed by atoms with Gasteiger partial charge in [0.1, 0.15) is 5.84 Å². The number of amides is 1. The van der Waals surface area contributed by atoms with Gasteiger partial charge in [-0.05, 0) is 51.8 Å². The van der Waals surface area contributed by atoms with Crippen molar-refractivity contribution in [2.24, 2.45) is 9.98 Å². The smallest absolute Gasteiger partial charge is 0.279 e. The first kappa shape index (κ1) is 21.4. The molecular weight excluding hydrogens is 480 g/mol. The standard InChI is InChI=1S/C22H19BrN4O3S/c1-26(2)31(29,30)18-8-5-7-15(12-18)22(28)25-21-19-9-4-3-6-16(19)13-27-14-17(23)10-11-20(27)24-21/h3-12,14H,13H2,1-2H3. The minimum Gasteiger partial charge on any atom is -0.327 e. The first-order valence-corrected chi connectivity index (χ1v) is 11.6. The van der Waals surface area contributed by atoms with Gasteiger partial charge in [-0.1, -0.05) is 30.3 Å². The number of sulfonamides is 1. The number of amidine groups is 2. The topological polar surface area (TPSA) is 82.4 Å². The lowest BCUT2D eigenvalue weighted by Crippen LogP contribution is -2.24. The summed E-state index contributed by atoms with van der Waals surface area (Å²) in [5.41, 5.74) is 1.91. The van der Waals surface area contributed by atoms with E-state index in [1.54, 1.807) is 6.07 Å². The molecule has 0 unspecified atom stereocenters. The van der Waals surface area contributed by atoms with Crippen LogP contribution in [0.2, 0.25) is 0 Å². The molecule has 0 radical (unpaired) electrons. The number of rotatable bonds is 3. The van der Waals surface area contributed by atoms with Crippen LogP contribution >= 0.6 is 15.9 Å². The fourth-order valence-corrected chi connectivity index (χ4v) is 4.54. The van der Waals surface area contributed by atoms with Gasteiger partial charge in [-0.3, -0.25) is 4.79 Å². The Morgan fingerprint density at radius 2 is 1.90 bits per heavy atom. The van der Waals surface area contributed by atoms with Crippen LogP contribution in [0.4, 0.5) is 0 Å². The molecule has 2 aliphatic heterocycles. The summed E-state index contributed by atoms with van der Waals surface area (Å²) in [6.45, 7) is 0.582. The summed E-state index contributed by atoms with van der Waals surface area (Å²) in [6, 6.07) is 13.5. The Bertz CT molecular complexity index is 1290. The average Bonchev–Trinajstić information content (AvgIpc) is 2.90. The molecule has 4 rings (SSSR count). The van der Waals surface area contributed by atoms with E-state index < -0.39 is 15.9 Å². The maximum absolute atomic E-state index is 13.0. The van der Waals surface area contributed by atoms with Crippen molar-refractivity contribution in [1.82, 2.24) is 9.21 Å². The van der Waals surface area contributed by atoms with Gasteiger partial charge in [0.15, 0.2) is 5.84 Å². The summed E-state index contributed by atoms with van der Waals surface area (Å²) >= 11 is 3.48. The zero-order valence-electron chi connectivity index (χ0n) is 16.9. The second-order valence-corrected chi connectivity index (χ2v) is 10.2. The summed E-state index contributed by atoms with van der Waals surface area (Å²) in [4.78, 5) is 23.9. The number of fused-ring (bicyclic) bond motifs is 2. The number of benzene rings is 2. The molecule has 2 heterocycles. The zero-order valence-corrected chi connectivity index (χ0v) is 19.3. The number of nitrogens with zero attached hydrogens (tertiary/aromatic N) is 4. The molecule has 0 spiro atoms. The molecule has 9 heteroatoms. The second-order valence-electron chi connectivity index (χ2n) is 7.16. The van der Waals surface area contributed by atoms with E-state index in [1.165, 1.54) is 32.3 Å². The molecule has 0 atom stereocenters. The molecule has 0 saturated heterocycles. The fraction of sp³-hybridized carbons (Fsp3) is 0.136. The highest BCUT2D eigenvalue weighted by Gasteiger charge is 2.23. The number of allylic oxidation sites excluding steroid dienone is 2. The van der Waals surface area contributed by atoms with Crippen molar-refractivity contribution in [3.8, 4) is 0 Å². The van der Waals surface area contributed by atoms with Crippen molar-refractivity contribution < 1.29 is 13.2 Å². The van der Waals surface area contributed by atoms with E-state index in [9.17, 15) is 13.2 Å². The Kier molecular flexibility index (Phi) is 5.74. The Labute approximate surface area is 189 Å². The minimum atomic E-state index is -3.66. The summed E-state index contributed by atoms with van der Waals surface area (Å²) in [5.74, 6) is 0.389. The van der Waals surface area contributed by atoms with Crippen LogP contribution in [-0.4, -0.2) is 49.3 Å². The normalized spacial score (nSPS) is 17.0. The Morgan fingerprint density at radius 1 is 1.13 bits per heavy atom. The SMILES string of the molecule is CN(C)S(=O)(=O)c1cccc(C(=O)N=C2N=C3C=CC(Br)=CN3Cc3ccccc32)c1. The third-order valence-electron chi connectivity index (χ3n) is 4.85. The van der Waals surface area contributed by atoms with Gasteiger partial charge in [0.05, 0.1) is 4.90 Å². The van der Waals surface area contributed by atoms with Gasteiger partial charge < -0.3 is 4.90 Å². The van der Waals surface area contributed by atoms with E-state index in [-0.39, 0.29) is 16.3 Å². The molecular formula is C22H19BrN4O3S. The highest BCUT2D eigenvalue weighted by Crippen LogP contribution is 2.24. The van der Waals surface area contributed by atoms with Gasteiger partial charge in [-0.2, -0.15) is 4.99 Å². The van der Waals surface area contributed by atoms with E-state index in [1.807, 2.05) is 47.5 Å². The van der Waals surface area contributed by atoms with Crippen LogP contribution in [0.3, 0.4) is 0 Å². The molecule has 0 N–H and O–H groups in total. The number of carbonyl (C=O) groups is 1. The third-order valence-corrected chi connectivity index (χ3v) is 7.13. The number of hydrogen-bond donors (Lipinski definition) is 0. The Morgan fingerprint density at radius 3 is 2.68 bits per heavy atom. The molecule has 0 saturated carbocycles. The maximum Gasteiger partial charge on any atom is 0.279 e. The fourth-order valence-electron chi connectivity index (χ4n) is 3.21.